The molecule has 1 saturated heterocycles. The second-order valence-electron chi connectivity index (χ2n) is 4.24. The number of nitrogens with one attached hydrogen (secondary N) is 1. The molecule has 1 aromatic rings. The van der Waals surface area contributed by atoms with Gasteiger partial charge in [-0.05, 0) is 11.6 Å². The van der Waals surface area contributed by atoms with E-state index in [0.717, 1.165) is 23.6 Å². The summed E-state index contributed by atoms with van der Waals surface area (Å²) >= 11 is 7.95. The second-order valence-corrected chi connectivity index (χ2v) is 5.79. The maximum absolute atomic E-state index is 11.9. The van der Waals surface area contributed by atoms with Crippen LogP contribution in [0.2, 0.25) is 5.02 Å². The number of ketones is 1. The number of thioether (sulfide) groups is 1. The van der Waals surface area contributed by atoms with Gasteiger partial charge in [0, 0.05) is 42.0 Å². The molecule has 0 saturated carbocycles. The molecule has 0 aromatic heterocycles. The van der Waals surface area contributed by atoms with Gasteiger partial charge in [-0.3, -0.25) is 4.79 Å². The zero-order valence-corrected chi connectivity index (χ0v) is 11.2. The molecule has 1 fully saturated rings. The highest BCUT2D eigenvalue weighted by atomic mass is 35.5. The largest absolute Gasteiger partial charge is 0.312 e. The normalized spacial score (nSPS) is 20.2. The number of hydrogen-bond donors (Lipinski definition) is 1. The SMILES string of the molecule is O=C(Cc1ccccc1Cl)CC1CSCCN1. The molecule has 0 radical (unpaired) electrons. The smallest absolute Gasteiger partial charge is 0.138 e. The first-order chi connectivity index (χ1) is 8.25. The predicted octanol–water partition coefficient (Wildman–Crippen LogP) is 2.55. The summed E-state index contributed by atoms with van der Waals surface area (Å²) in [4.78, 5) is 11.9. The molecular formula is C13H16ClNOS. The monoisotopic (exact) mass is 269 g/mol. The molecule has 1 N–H and O–H groups in total. The highest BCUT2D eigenvalue weighted by molar-refractivity contribution is 7.99. The molecule has 1 aliphatic heterocycles. The highest BCUT2D eigenvalue weighted by Crippen LogP contribution is 2.17. The molecule has 0 bridgehead atoms. The first kappa shape index (κ1) is 12.9. The highest BCUT2D eigenvalue weighted by Gasteiger charge is 2.17. The summed E-state index contributed by atoms with van der Waals surface area (Å²) < 4.78 is 0. The first-order valence-electron chi connectivity index (χ1n) is 5.82. The number of carbonyl (C=O) groups excluding carboxylic acids is 1. The van der Waals surface area contributed by atoms with Crippen molar-refractivity contribution in [2.45, 2.75) is 18.9 Å². The van der Waals surface area contributed by atoms with Crippen LogP contribution in [-0.2, 0) is 11.2 Å². The molecule has 0 aliphatic carbocycles. The number of carbonyl (C=O) groups is 1. The van der Waals surface area contributed by atoms with Crippen molar-refractivity contribution in [3.63, 3.8) is 0 Å². The molecule has 0 spiro atoms. The lowest BCUT2D eigenvalue weighted by Crippen LogP contribution is -2.39. The van der Waals surface area contributed by atoms with E-state index in [2.05, 4.69) is 5.32 Å². The molecule has 4 heteroatoms. The van der Waals surface area contributed by atoms with E-state index in [1.54, 1.807) is 0 Å². The maximum Gasteiger partial charge on any atom is 0.138 e. The number of benzene rings is 1. The van der Waals surface area contributed by atoms with Gasteiger partial charge in [0.2, 0.25) is 0 Å². The lowest BCUT2D eigenvalue weighted by Gasteiger charge is -2.22. The van der Waals surface area contributed by atoms with Crippen LogP contribution in [0.4, 0.5) is 0 Å². The van der Waals surface area contributed by atoms with E-state index in [1.165, 1.54) is 0 Å². The summed E-state index contributed by atoms with van der Waals surface area (Å²) in [6.45, 7) is 1.01. The van der Waals surface area contributed by atoms with E-state index in [0.29, 0.717) is 23.9 Å². The minimum Gasteiger partial charge on any atom is -0.312 e. The minimum atomic E-state index is 0.262. The van der Waals surface area contributed by atoms with E-state index < -0.39 is 0 Å². The van der Waals surface area contributed by atoms with Crippen LogP contribution in [0.5, 0.6) is 0 Å². The van der Waals surface area contributed by atoms with Gasteiger partial charge < -0.3 is 5.32 Å². The van der Waals surface area contributed by atoms with E-state index >= 15 is 0 Å². The Morgan fingerprint density at radius 3 is 3.00 bits per heavy atom. The van der Waals surface area contributed by atoms with Gasteiger partial charge in [0.25, 0.3) is 0 Å². The third-order valence-electron chi connectivity index (χ3n) is 2.82. The Hall–Kier alpha value is -0.510. The summed E-state index contributed by atoms with van der Waals surface area (Å²) in [5.74, 6) is 2.45. The average Bonchev–Trinajstić information content (AvgIpc) is 2.33. The molecule has 1 aromatic carbocycles. The molecule has 2 nitrogen and oxygen atoms in total. The fourth-order valence-electron chi connectivity index (χ4n) is 1.95. The number of hydrogen-bond acceptors (Lipinski definition) is 3. The molecule has 1 atom stereocenters. The van der Waals surface area contributed by atoms with Gasteiger partial charge >= 0.3 is 0 Å². The third kappa shape index (κ3) is 4.02. The van der Waals surface area contributed by atoms with Gasteiger partial charge in [0.15, 0.2) is 0 Å². The van der Waals surface area contributed by atoms with Crippen molar-refractivity contribution >= 4 is 29.1 Å². The van der Waals surface area contributed by atoms with Crippen LogP contribution in [0.15, 0.2) is 24.3 Å². The lowest BCUT2D eigenvalue weighted by atomic mass is 10.0. The molecule has 92 valence electrons. The van der Waals surface area contributed by atoms with Crippen LogP contribution in [0.3, 0.4) is 0 Å². The summed E-state index contributed by atoms with van der Waals surface area (Å²) in [6.07, 6.45) is 1.06. The Kier molecular flexibility index (Phi) is 4.89. The molecule has 1 unspecified atom stereocenters. The molecule has 1 heterocycles. The van der Waals surface area contributed by atoms with Crippen LogP contribution >= 0.6 is 23.4 Å². The van der Waals surface area contributed by atoms with Gasteiger partial charge in [-0.15, -0.1) is 0 Å². The van der Waals surface area contributed by atoms with Gasteiger partial charge in [0.05, 0.1) is 0 Å². The van der Waals surface area contributed by atoms with Crippen LogP contribution in [0.1, 0.15) is 12.0 Å². The standard InChI is InChI=1S/C13H16ClNOS/c14-13-4-2-1-3-10(13)7-12(16)8-11-9-17-6-5-15-11/h1-4,11,15H,5-9H2. The van der Waals surface area contributed by atoms with Gasteiger partial charge in [0.1, 0.15) is 5.78 Å². The quantitative estimate of drug-likeness (QED) is 0.911. The van der Waals surface area contributed by atoms with Crippen molar-refractivity contribution in [3.8, 4) is 0 Å². The fourth-order valence-corrected chi connectivity index (χ4v) is 3.10. The van der Waals surface area contributed by atoms with Crippen LogP contribution in [0, 0.1) is 0 Å². The summed E-state index contributed by atoms with van der Waals surface area (Å²) in [6, 6.07) is 7.89. The zero-order valence-electron chi connectivity index (χ0n) is 9.62. The topological polar surface area (TPSA) is 29.1 Å². The van der Waals surface area contributed by atoms with Crippen molar-refractivity contribution in [3.05, 3.63) is 34.9 Å². The van der Waals surface area contributed by atoms with Crippen molar-refractivity contribution in [1.29, 1.82) is 0 Å². The van der Waals surface area contributed by atoms with Crippen LogP contribution in [-0.4, -0.2) is 29.9 Å². The van der Waals surface area contributed by atoms with E-state index in [-0.39, 0.29) is 5.78 Å². The zero-order chi connectivity index (χ0) is 12.1. The van der Waals surface area contributed by atoms with E-state index in [9.17, 15) is 4.79 Å². The van der Waals surface area contributed by atoms with Gasteiger partial charge in [-0.1, -0.05) is 29.8 Å². The van der Waals surface area contributed by atoms with E-state index in [4.69, 9.17) is 11.6 Å². The summed E-state index contributed by atoms with van der Waals surface area (Å²) in [7, 11) is 0. The minimum absolute atomic E-state index is 0.262. The summed E-state index contributed by atoms with van der Waals surface area (Å²) in [5.41, 5.74) is 0.933. The van der Waals surface area contributed by atoms with Crippen molar-refractivity contribution in [1.82, 2.24) is 5.32 Å². The van der Waals surface area contributed by atoms with Crippen molar-refractivity contribution in [2.75, 3.05) is 18.1 Å². The second kappa shape index (κ2) is 6.43. The third-order valence-corrected chi connectivity index (χ3v) is 4.32. The van der Waals surface area contributed by atoms with Crippen molar-refractivity contribution in [2.24, 2.45) is 0 Å². The average molecular weight is 270 g/mol. The number of Topliss-reactive ketones (excluding diaryl/α,β-unsaturated/α-hetero) is 1. The Morgan fingerprint density at radius 1 is 1.47 bits per heavy atom. The van der Waals surface area contributed by atoms with Crippen molar-refractivity contribution < 1.29 is 4.79 Å². The predicted molar refractivity (Wildman–Crippen MR) is 73.9 cm³/mol. The molecule has 17 heavy (non-hydrogen) atoms. The van der Waals surface area contributed by atoms with Crippen LogP contribution < -0.4 is 5.32 Å². The Balaban J connectivity index is 1.86. The fraction of sp³-hybridized carbons (Fsp3) is 0.462. The Morgan fingerprint density at radius 2 is 2.29 bits per heavy atom. The van der Waals surface area contributed by atoms with Gasteiger partial charge in [-0.2, -0.15) is 11.8 Å². The van der Waals surface area contributed by atoms with Gasteiger partial charge in [-0.25, -0.2) is 0 Å². The molecule has 1 aliphatic rings. The summed E-state index contributed by atoms with van der Waals surface area (Å²) in [5, 5.41) is 4.06. The maximum atomic E-state index is 11.9. The first-order valence-corrected chi connectivity index (χ1v) is 7.35. The molecule has 0 amide bonds. The molecule has 2 rings (SSSR count). The number of rotatable bonds is 4. The lowest BCUT2D eigenvalue weighted by molar-refractivity contribution is -0.118. The Labute approximate surface area is 111 Å². The molecular weight excluding hydrogens is 254 g/mol. The Bertz CT molecular complexity index is 391. The number of halogens is 1. The van der Waals surface area contributed by atoms with E-state index in [1.807, 2.05) is 36.0 Å². The van der Waals surface area contributed by atoms with Crippen LogP contribution in [0.25, 0.3) is 0 Å².